The van der Waals surface area contributed by atoms with E-state index >= 15 is 0 Å². The van der Waals surface area contributed by atoms with Crippen molar-refractivity contribution in [1.82, 2.24) is 20.0 Å². The van der Waals surface area contributed by atoms with Gasteiger partial charge in [-0.25, -0.2) is 0 Å². The summed E-state index contributed by atoms with van der Waals surface area (Å²) in [6.07, 6.45) is 6.37. The van der Waals surface area contributed by atoms with Crippen molar-refractivity contribution < 1.29 is 15.0 Å². The summed E-state index contributed by atoms with van der Waals surface area (Å²) in [6, 6.07) is 21.0. The van der Waals surface area contributed by atoms with Gasteiger partial charge >= 0.3 is 0 Å². The lowest BCUT2D eigenvalue weighted by molar-refractivity contribution is -0.135. The predicted octanol–water partition coefficient (Wildman–Crippen LogP) is 10.6. The number of likely N-dealkylation sites (tertiary alicyclic amines) is 2. The molecule has 2 aromatic rings. The number of aliphatic hydroxyl groups excluding tert-OH is 2. The first kappa shape index (κ1) is 57.4. The minimum atomic E-state index is -0.229. The Morgan fingerprint density at radius 3 is 1.32 bits per heavy atom. The number of β-amino-alcohol motifs (C(OH)–C–C–N with tert-alkyl or cyclic N) is 2. The highest BCUT2D eigenvalue weighted by Crippen LogP contribution is 2.24. The second kappa shape index (κ2) is 40.9. The van der Waals surface area contributed by atoms with Gasteiger partial charge in [0.05, 0.1) is 18.2 Å². The predicted molar refractivity (Wildman–Crippen MR) is 236 cm³/mol. The monoisotopic (exact) mass is 747 g/mol. The summed E-state index contributed by atoms with van der Waals surface area (Å²) in [5, 5.41) is 22.5. The van der Waals surface area contributed by atoms with Crippen molar-refractivity contribution in [2.75, 3.05) is 53.4 Å². The Bertz CT molecular complexity index is 985. The van der Waals surface area contributed by atoms with Crippen LogP contribution in [0, 0.1) is 5.92 Å². The van der Waals surface area contributed by atoms with Gasteiger partial charge in [0.2, 0.25) is 5.91 Å². The number of carbonyl (C=O) groups is 1. The number of hydrogen-bond donors (Lipinski definition) is 3. The van der Waals surface area contributed by atoms with Gasteiger partial charge in [0.1, 0.15) is 0 Å². The number of hydrogen-bond acceptors (Lipinski definition) is 6. The molecular formula is C46H90N4O3. The molecule has 2 saturated heterocycles. The van der Waals surface area contributed by atoms with Gasteiger partial charge < -0.3 is 20.4 Å². The van der Waals surface area contributed by atoms with Gasteiger partial charge in [-0.05, 0) is 31.0 Å². The Morgan fingerprint density at radius 1 is 0.679 bits per heavy atom. The standard InChI is InChI=1S/C17H26N2O2.C13H20N2O.4C3H8.2C2H6/c1-13(2)17(21)18(3)16(14-7-5-4-6-8-14)12-19-10-9-15(20)11-19;1-14-13(11-5-3-2-4-6-11)10-15-8-7-12(16)9-15;4*1-3-2;2*1-2/h4-8,13,15-16,20H,9-12H2,1-3H3;2-6,12-14,16H,7-10H2,1H3;4*3H2,1-2H3;2*1-2H3/t15-,16+;12-,13+;;;;;;/m00....../s1. The summed E-state index contributed by atoms with van der Waals surface area (Å²) < 4.78 is 0. The first-order valence-corrected chi connectivity index (χ1v) is 21.3. The van der Waals surface area contributed by atoms with Crippen molar-refractivity contribution in [1.29, 1.82) is 0 Å². The number of likely N-dealkylation sites (N-methyl/N-ethyl adjacent to an activating group) is 2. The van der Waals surface area contributed by atoms with E-state index in [0.717, 1.165) is 51.1 Å². The summed E-state index contributed by atoms with van der Waals surface area (Å²) in [6.45, 7) is 34.0. The maximum Gasteiger partial charge on any atom is 0.225 e. The molecule has 1 amide bonds. The third kappa shape index (κ3) is 29.7. The van der Waals surface area contributed by atoms with E-state index in [0.29, 0.717) is 12.6 Å². The normalized spacial score (nSPS) is 16.9. The van der Waals surface area contributed by atoms with E-state index in [1.54, 1.807) is 0 Å². The molecule has 0 aliphatic carbocycles. The molecule has 4 rings (SSSR count). The molecular weight excluding hydrogens is 657 g/mol. The molecule has 3 N–H and O–H groups in total. The summed E-state index contributed by atoms with van der Waals surface area (Å²) in [7, 11) is 3.87. The fraction of sp³-hybridized carbons (Fsp3) is 0.717. The van der Waals surface area contributed by atoms with Gasteiger partial charge in [-0.1, -0.05) is 183 Å². The van der Waals surface area contributed by atoms with Crippen LogP contribution in [0.5, 0.6) is 0 Å². The zero-order chi connectivity index (χ0) is 41.6. The second-order valence-corrected chi connectivity index (χ2v) is 13.5. The van der Waals surface area contributed by atoms with Crippen LogP contribution < -0.4 is 5.32 Å². The molecule has 53 heavy (non-hydrogen) atoms. The molecule has 7 heteroatoms. The summed E-state index contributed by atoms with van der Waals surface area (Å²) in [5.41, 5.74) is 2.46. The van der Waals surface area contributed by atoms with Crippen molar-refractivity contribution in [2.24, 2.45) is 5.92 Å². The molecule has 2 fully saturated rings. The topological polar surface area (TPSA) is 79.3 Å². The molecule has 2 aliphatic heterocycles. The van der Waals surface area contributed by atoms with E-state index in [2.05, 4.69) is 107 Å². The SMILES string of the molecule is CC.CC.CC(C)C(=O)N(C)[C@H](CN1CC[C@H](O)C1)c1ccccc1.CCC.CCC.CCC.CCC.CN[C@H](CN1CC[C@H](O)C1)c1ccccc1. The Morgan fingerprint density at radius 2 is 1.02 bits per heavy atom. The third-order valence-electron chi connectivity index (χ3n) is 7.41. The highest BCUT2D eigenvalue weighted by Gasteiger charge is 2.29. The Kier molecular flexibility index (Phi) is 44.3. The van der Waals surface area contributed by atoms with Crippen molar-refractivity contribution >= 4 is 5.91 Å². The van der Waals surface area contributed by atoms with Gasteiger partial charge in [0.15, 0.2) is 0 Å². The summed E-state index contributed by atoms with van der Waals surface area (Å²) >= 11 is 0. The fourth-order valence-corrected chi connectivity index (χ4v) is 5.20. The molecule has 2 aliphatic rings. The number of amides is 1. The van der Waals surface area contributed by atoms with E-state index in [-0.39, 0.29) is 30.1 Å². The van der Waals surface area contributed by atoms with Crippen molar-refractivity contribution in [3.63, 3.8) is 0 Å². The van der Waals surface area contributed by atoms with E-state index in [1.165, 1.54) is 31.2 Å². The van der Waals surface area contributed by atoms with Crippen LogP contribution in [0.1, 0.15) is 159 Å². The second-order valence-electron chi connectivity index (χ2n) is 13.5. The minimum absolute atomic E-state index is 0.00891. The molecule has 0 unspecified atom stereocenters. The van der Waals surface area contributed by atoms with Crippen LogP contribution in [0.15, 0.2) is 60.7 Å². The largest absolute Gasteiger partial charge is 0.392 e. The van der Waals surface area contributed by atoms with Crippen LogP contribution in [0.2, 0.25) is 0 Å². The van der Waals surface area contributed by atoms with Crippen molar-refractivity contribution in [3.05, 3.63) is 71.8 Å². The number of rotatable bonds is 9. The molecule has 0 bridgehead atoms. The van der Waals surface area contributed by atoms with Gasteiger partial charge in [-0.15, -0.1) is 0 Å². The maximum atomic E-state index is 12.4. The maximum absolute atomic E-state index is 12.4. The number of benzene rings is 2. The van der Waals surface area contributed by atoms with Crippen molar-refractivity contribution in [2.45, 2.75) is 160 Å². The van der Waals surface area contributed by atoms with E-state index < -0.39 is 0 Å². The summed E-state index contributed by atoms with van der Waals surface area (Å²) in [4.78, 5) is 18.8. The lowest BCUT2D eigenvalue weighted by Crippen LogP contribution is -2.40. The van der Waals surface area contributed by atoms with Crippen LogP contribution in [0.3, 0.4) is 0 Å². The van der Waals surface area contributed by atoms with Crippen LogP contribution >= 0.6 is 0 Å². The molecule has 312 valence electrons. The third-order valence-corrected chi connectivity index (χ3v) is 7.41. The Hall–Kier alpha value is -2.29. The first-order chi connectivity index (χ1) is 25.4. The highest BCUT2D eigenvalue weighted by molar-refractivity contribution is 5.78. The molecule has 4 atom stereocenters. The molecule has 2 heterocycles. The van der Waals surface area contributed by atoms with Crippen LogP contribution in [0.4, 0.5) is 0 Å². The smallest absolute Gasteiger partial charge is 0.225 e. The van der Waals surface area contributed by atoms with E-state index in [4.69, 9.17) is 0 Å². The number of nitrogens with zero attached hydrogens (tertiary/aromatic N) is 3. The molecule has 0 aromatic heterocycles. The Labute approximate surface area is 331 Å². The minimum Gasteiger partial charge on any atom is -0.392 e. The lowest BCUT2D eigenvalue weighted by Gasteiger charge is -2.33. The van der Waals surface area contributed by atoms with Crippen LogP contribution in [0.25, 0.3) is 0 Å². The molecule has 7 nitrogen and oxygen atoms in total. The molecule has 0 spiro atoms. The number of carbonyl (C=O) groups excluding carboxylic acids is 1. The van der Waals surface area contributed by atoms with E-state index in [9.17, 15) is 15.0 Å². The molecule has 0 radical (unpaired) electrons. The quantitative estimate of drug-likeness (QED) is 0.237. The average molecular weight is 747 g/mol. The fourth-order valence-electron chi connectivity index (χ4n) is 5.20. The highest BCUT2D eigenvalue weighted by atomic mass is 16.3. The molecule has 2 aromatic carbocycles. The lowest BCUT2D eigenvalue weighted by atomic mass is 10.0. The van der Waals surface area contributed by atoms with Crippen LogP contribution in [-0.2, 0) is 4.79 Å². The zero-order valence-corrected chi connectivity index (χ0v) is 37.8. The molecule has 0 saturated carbocycles. The van der Waals surface area contributed by atoms with Gasteiger partial charge in [0, 0.05) is 58.3 Å². The average Bonchev–Trinajstić information content (AvgIpc) is 3.79. The zero-order valence-electron chi connectivity index (χ0n) is 37.8. The van der Waals surface area contributed by atoms with E-state index in [1.807, 2.05) is 84.8 Å². The number of nitrogens with one attached hydrogen (secondary N) is 1. The van der Waals surface area contributed by atoms with Gasteiger partial charge in [-0.2, -0.15) is 0 Å². The summed E-state index contributed by atoms with van der Waals surface area (Å²) in [5.74, 6) is 0.147. The van der Waals surface area contributed by atoms with Gasteiger partial charge in [0.25, 0.3) is 0 Å². The Balaban J connectivity index is -0.000000330. The van der Waals surface area contributed by atoms with Crippen molar-refractivity contribution in [3.8, 4) is 0 Å². The van der Waals surface area contributed by atoms with Gasteiger partial charge in [-0.3, -0.25) is 14.6 Å². The number of aliphatic hydroxyl groups is 2. The van der Waals surface area contributed by atoms with Crippen LogP contribution in [-0.4, -0.2) is 96.4 Å². The first-order valence-electron chi connectivity index (χ1n) is 21.3.